The number of hydrogen-bond donors (Lipinski definition) is 2. The first kappa shape index (κ1) is 17.3. The number of thiophene rings is 1. The first-order chi connectivity index (χ1) is 7.47. The molecule has 0 bridgehead atoms. The third kappa shape index (κ3) is 5.23. The van der Waals surface area contributed by atoms with E-state index in [1.807, 2.05) is 14.0 Å². The Labute approximate surface area is 121 Å². The molecule has 0 saturated heterocycles. The van der Waals surface area contributed by atoms with Gasteiger partial charge in [-0.05, 0) is 54.5 Å². The highest BCUT2D eigenvalue weighted by molar-refractivity contribution is 9.11. The van der Waals surface area contributed by atoms with Gasteiger partial charge >= 0.3 is 0 Å². The van der Waals surface area contributed by atoms with E-state index in [1.165, 1.54) is 11.3 Å². The maximum atomic E-state index is 11.8. The van der Waals surface area contributed by atoms with E-state index >= 15 is 0 Å². The molecule has 1 aromatic rings. The van der Waals surface area contributed by atoms with Crippen LogP contribution in [0.4, 0.5) is 0 Å². The van der Waals surface area contributed by atoms with E-state index in [1.54, 1.807) is 6.07 Å². The van der Waals surface area contributed by atoms with Crippen LogP contribution in [0.3, 0.4) is 0 Å². The average Bonchev–Trinajstić information content (AvgIpc) is 2.55. The number of aryl methyl sites for hydroxylation is 1. The fourth-order valence-electron chi connectivity index (χ4n) is 1.11. The van der Waals surface area contributed by atoms with Crippen molar-refractivity contribution in [3.05, 3.63) is 15.4 Å². The maximum Gasteiger partial charge on any atom is 0.250 e. The second-order valence-electron chi connectivity index (χ2n) is 3.38. The number of hydrogen-bond acceptors (Lipinski definition) is 4. The maximum absolute atomic E-state index is 11.8. The molecule has 1 heterocycles. The lowest BCUT2D eigenvalue weighted by Crippen LogP contribution is -2.26. The quantitative estimate of drug-likeness (QED) is 0.761. The summed E-state index contributed by atoms with van der Waals surface area (Å²) in [6, 6.07) is 1.68. The van der Waals surface area contributed by atoms with Crippen LogP contribution in [-0.2, 0) is 10.0 Å². The molecule has 2 N–H and O–H groups in total. The minimum atomic E-state index is -3.33. The summed E-state index contributed by atoms with van der Waals surface area (Å²) in [7, 11) is -1.49. The second-order valence-corrected chi connectivity index (χ2v) is 7.74. The number of sulfonamides is 1. The zero-order valence-electron chi connectivity index (χ0n) is 9.62. The van der Waals surface area contributed by atoms with Crippen molar-refractivity contribution in [3.8, 4) is 0 Å². The topological polar surface area (TPSA) is 58.2 Å². The van der Waals surface area contributed by atoms with Crippen molar-refractivity contribution in [2.45, 2.75) is 17.6 Å². The van der Waals surface area contributed by atoms with Crippen molar-refractivity contribution in [1.29, 1.82) is 0 Å². The standard InChI is InChI=1S/C9H15BrN2O2S2.ClH/c1-7-6-8(15-9(7)10)16(13,14)12-5-3-4-11-2;/h6,11-12H,3-5H2,1-2H3;1H. The van der Waals surface area contributed by atoms with E-state index in [4.69, 9.17) is 0 Å². The molecule has 0 spiro atoms. The van der Waals surface area contributed by atoms with E-state index in [0.717, 1.165) is 22.3 Å². The van der Waals surface area contributed by atoms with Gasteiger partial charge in [-0.2, -0.15) is 0 Å². The zero-order valence-corrected chi connectivity index (χ0v) is 13.7. The molecule has 8 heteroatoms. The first-order valence-corrected chi connectivity index (χ1v) is 7.97. The van der Waals surface area contributed by atoms with Gasteiger partial charge in [0.2, 0.25) is 10.0 Å². The number of nitrogens with one attached hydrogen (secondary N) is 2. The zero-order chi connectivity index (χ0) is 12.2. The summed E-state index contributed by atoms with van der Waals surface area (Å²) in [5.74, 6) is 0. The van der Waals surface area contributed by atoms with Crippen molar-refractivity contribution in [3.63, 3.8) is 0 Å². The molecule has 0 saturated carbocycles. The van der Waals surface area contributed by atoms with Crippen molar-refractivity contribution in [2.24, 2.45) is 0 Å². The van der Waals surface area contributed by atoms with E-state index in [2.05, 4.69) is 26.0 Å². The number of rotatable bonds is 6. The van der Waals surface area contributed by atoms with Crippen molar-refractivity contribution < 1.29 is 8.42 Å². The Morgan fingerprint density at radius 2 is 2.06 bits per heavy atom. The molecular formula is C9H16BrClN2O2S2. The van der Waals surface area contributed by atoms with Gasteiger partial charge in [0.25, 0.3) is 0 Å². The minimum absolute atomic E-state index is 0. The van der Waals surface area contributed by atoms with Crippen LogP contribution in [0.2, 0.25) is 0 Å². The SMILES string of the molecule is CNCCCNS(=O)(=O)c1cc(C)c(Br)s1.Cl. The molecule has 0 aliphatic rings. The Morgan fingerprint density at radius 3 is 2.53 bits per heavy atom. The summed E-state index contributed by atoms with van der Waals surface area (Å²) >= 11 is 4.55. The van der Waals surface area contributed by atoms with Crippen LogP contribution in [0, 0.1) is 6.92 Å². The Hall–Kier alpha value is 0.340. The normalized spacial score (nSPS) is 11.2. The van der Waals surface area contributed by atoms with Gasteiger partial charge in [0.15, 0.2) is 0 Å². The van der Waals surface area contributed by atoms with Crippen LogP contribution >= 0.6 is 39.7 Å². The van der Waals surface area contributed by atoms with Crippen molar-refractivity contribution >= 4 is 49.7 Å². The van der Waals surface area contributed by atoms with Gasteiger partial charge in [-0.25, -0.2) is 13.1 Å². The summed E-state index contributed by atoms with van der Waals surface area (Å²) in [5.41, 5.74) is 0.945. The average molecular weight is 364 g/mol. The summed E-state index contributed by atoms with van der Waals surface area (Å²) in [4.78, 5) is 0. The lowest BCUT2D eigenvalue weighted by molar-refractivity contribution is 0.579. The fourth-order valence-corrected chi connectivity index (χ4v) is 4.45. The predicted octanol–water partition coefficient (Wildman–Crippen LogP) is 2.13. The Morgan fingerprint density at radius 1 is 1.41 bits per heavy atom. The van der Waals surface area contributed by atoms with Gasteiger partial charge in [-0.15, -0.1) is 23.7 Å². The van der Waals surface area contributed by atoms with E-state index < -0.39 is 10.0 Å². The lowest BCUT2D eigenvalue weighted by Gasteiger charge is -2.03. The first-order valence-electron chi connectivity index (χ1n) is 4.87. The van der Waals surface area contributed by atoms with Crippen LogP contribution < -0.4 is 10.0 Å². The van der Waals surface area contributed by atoms with Crippen molar-refractivity contribution in [2.75, 3.05) is 20.1 Å². The van der Waals surface area contributed by atoms with Crippen LogP contribution in [0.1, 0.15) is 12.0 Å². The van der Waals surface area contributed by atoms with Crippen LogP contribution in [-0.4, -0.2) is 28.6 Å². The van der Waals surface area contributed by atoms with Crippen LogP contribution in [0.5, 0.6) is 0 Å². The highest BCUT2D eigenvalue weighted by atomic mass is 79.9. The minimum Gasteiger partial charge on any atom is -0.320 e. The van der Waals surface area contributed by atoms with E-state index in [-0.39, 0.29) is 12.4 Å². The molecule has 17 heavy (non-hydrogen) atoms. The second kappa shape index (κ2) is 7.70. The molecular weight excluding hydrogens is 348 g/mol. The molecule has 4 nitrogen and oxygen atoms in total. The summed E-state index contributed by atoms with van der Waals surface area (Å²) in [6.45, 7) is 3.13. The molecule has 100 valence electrons. The third-order valence-corrected chi connectivity index (χ3v) is 6.07. The molecule has 0 aromatic carbocycles. The monoisotopic (exact) mass is 362 g/mol. The highest BCUT2D eigenvalue weighted by Crippen LogP contribution is 2.30. The molecule has 0 fully saturated rings. The van der Waals surface area contributed by atoms with Gasteiger partial charge in [-0.3, -0.25) is 0 Å². The van der Waals surface area contributed by atoms with Gasteiger partial charge < -0.3 is 5.32 Å². The summed E-state index contributed by atoms with van der Waals surface area (Å²) in [6.07, 6.45) is 0.779. The molecule has 1 aromatic heterocycles. The molecule has 0 amide bonds. The molecule has 1 rings (SSSR count). The third-order valence-electron chi connectivity index (χ3n) is 2.00. The van der Waals surface area contributed by atoms with Gasteiger partial charge in [0, 0.05) is 6.54 Å². The van der Waals surface area contributed by atoms with E-state index in [9.17, 15) is 8.42 Å². The Kier molecular flexibility index (Phi) is 7.86. The predicted molar refractivity (Wildman–Crippen MR) is 77.7 cm³/mol. The van der Waals surface area contributed by atoms with Gasteiger partial charge in [-0.1, -0.05) is 0 Å². The van der Waals surface area contributed by atoms with Crippen LogP contribution in [0.25, 0.3) is 0 Å². The Bertz CT molecular complexity index is 428. The molecule has 0 atom stereocenters. The largest absolute Gasteiger partial charge is 0.320 e. The smallest absolute Gasteiger partial charge is 0.250 e. The summed E-state index contributed by atoms with van der Waals surface area (Å²) < 4.78 is 27.4. The number of halogens is 2. The molecule has 0 aliphatic carbocycles. The molecule has 0 aliphatic heterocycles. The molecule has 0 radical (unpaired) electrons. The lowest BCUT2D eigenvalue weighted by atomic mass is 10.4. The van der Waals surface area contributed by atoms with Gasteiger partial charge in [0.05, 0.1) is 3.79 Å². The highest BCUT2D eigenvalue weighted by Gasteiger charge is 2.17. The fraction of sp³-hybridized carbons (Fsp3) is 0.556. The van der Waals surface area contributed by atoms with Crippen molar-refractivity contribution in [1.82, 2.24) is 10.0 Å². The van der Waals surface area contributed by atoms with Crippen LogP contribution in [0.15, 0.2) is 14.1 Å². The Balaban J connectivity index is 0.00000256. The molecule has 0 unspecified atom stereocenters. The van der Waals surface area contributed by atoms with E-state index in [0.29, 0.717) is 10.8 Å². The summed E-state index contributed by atoms with van der Waals surface area (Å²) in [5, 5.41) is 2.97. The van der Waals surface area contributed by atoms with Gasteiger partial charge in [0.1, 0.15) is 4.21 Å².